The summed E-state index contributed by atoms with van der Waals surface area (Å²) in [6, 6.07) is 17.7. The number of fused-ring (bicyclic) bond motifs is 2. The van der Waals surface area contributed by atoms with E-state index < -0.39 is 10.0 Å². The molecule has 0 N–H and O–H groups in total. The average Bonchev–Trinajstić information content (AvgIpc) is 3.41. The molecule has 1 fully saturated rings. The van der Waals surface area contributed by atoms with Gasteiger partial charge >= 0.3 is 0 Å². The monoisotopic (exact) mass is 582 g/mol. The number of carbonyl (C=O) groups is 1. The number of halogens is 1. The van der Waals surface area contributed by atoms with Crippen molar-refractivity contribution in [2.24, 2.45) is 0 Å². The number of rotatable bonds is 5. The third kappa shape index (κ3) is 4.70. The van der Waals surface area contributed by atoms with Crippen LogP contribution in [0.2, 0.25) is 5.02 Å². The third-order valence-electron chi connectivity index (χ3n) is 7.25. The molecule has 2 aliphatic heterocycles. The van der Waals surface area contributed by atoms with Crippen molar-refractivity contribution in [2.45, 2.75) is 17.7 Å². The van der Waals surface area contributed by atoms with E-state index in [0.29, 0.717) is 49.1 Å². The number of aromatic nitrogens is 1. The molecule has 0 aliphatic carbocycles. The van der Waals surface area contributed by atoms with Crippen molar-refractivity contribution in [3.63, 3.8) is 0 Å². The lowest BCUT2D eigenvalue weighted by Gasteiger charge is -2.34. The Morgan fingerprint density at radius 1 is 0.974 bits per heavy atom. The highest BCUT2D eigenvalue weighted by atomic mass is 35.5. The van der Waals surface area contributed by atoms with Gasteiger partial charge in [0.05, 0.1) is 27.4 Å². The minimum absolute atomic E-state index is 0.111. The summed E-state index contributed by atoms with van der Waals surface area (Å²) in [5, 5.41) is 1.39. The second-order valence-corrected chi connectivity index (χ2v) is 12.8. The molecule has 0 saturated carbocycles. The van der Waals surface area contributed by atoms with E-state index in [4.69, 9.17) is 21.3 Å². The molecular formula is C28H27ClN4O4S2. The van der Waals surface area contributed by atoms with E-state index in [0.717, 1.165) is 39.4 Å². The Balaban J connectivity index is 1.14. The van der Waals surface area contributed by atoms with E-state index in [1.807, 2.05) is 36.4 Å². The zero-order valence-electron chi connectivity index (χ0n) is 21.3. The third-order valence-corrected chi connectivity index (χ3v) is 10.5. The van der Waals surface area contributed by atoms with Crippen LogP contribution in [0.1, 0.15) is 22.3 Å². The van der Waals surface area contributed by atoms with Crippen LogP contribution in [-0.2, 0) is 16.4 Å². The molecule has 1 aromatic heterocycles. The maximum Gasteiger partial charge on any atom is 0.264 e. The molecule has 1 amide bonds. The van der Waals surface area contributed by atoms with E-state index in [1.165, 1.54) is 16.4 Å². The largest absolute Gasteiger partial charge is 0.493 e. The van der Waals surface area contributed by atoms with Crippen LogP contribution in [0.15, 0.2) is 65.6 Å². The van der Waals surface area contributed by atoms with Crippen LogP contribution in [0.3, 0.4) is 0 Å². The van der Waals surface area contributed by atoms with Crippen LogP contribution in [-0.4, -0.2) is 64.0 Å². The van der Waals surface area contributed by atoms with Gasteiger partial charge in [-0.05, 0) is 60.9 Å². The molecule has 0 atom stereocenters. The average molecular weight is 583 g/mol. The summed E-state index contributed by atoms with van der Waals surface area (Å²) < 4.78 is 34.8. The van der Waals surface area contributed by atoms with Crippen molar-refractivity contribution in [3.05, 3.63) is 76.8 Å². The van der Waals surface area contributed by atoms with Crippen molar-refractivity contribution in [1.82, 2.24) is 9.88 Å². The van der Waals surface area contributed by atoms with E-state index in [-0.39, 0.29) is 10.8 Å². The highest BCUT2D eigenvalue weighted by molar-refractivity contribution is 7.92. The predicted molar refractivity (Wildman–Crippen MR) is 155 cm³/mol. The molecule has 4 aromatic rings. The van der Waals surface area contributed by atoms with Crippen LogP contribution in [0.4, 0.5) is 10.8 Å². The quantitative estimate of drug-likeness (QED) is 0.327. The van der Waals surface area contributed by atoms with Gasteiger partial charge in [-0.15, -0.1) is 0 Å². The zero-order chi connectivity index (χ0) is 27.1. The SMILES string of the molecule is COc1c(Cl)ccc2sc(N3CCN(C(=O)c4ccc(S(=O)(=O)N5CCCc6ccccc65)cc4)CC3)nc12. The number of anilines is 2. The second-order valence-electron chi connectivity index (χ2n) is 9.54. The summed E-state index contributed by atoms with van der Waals surface area (Å²) >= 11 is 7.82. The smallest absolute Gasteiger partial charge is 0.264 e. The number of hydrogen-bond donors (Lipinski definition) is 0. The predicted octanol–water partition coefficient (Wildman–Crippen LogP) is 5.06. The molecular weight excluding hydrogens is 556 g/mol. The van der Waals surface area contributed by atoms with Gasteiger partial charge in [0.1, 0.15) is 5.52 Å². The number of aryl methyl sites for hydroxylation is 1. The van der Waals surface area contributed by atoms with Gasteiger partial charge < -0.3 is 14.5 Å². The Morgan fingerprint density at radius 2 is 1.72 bits per heavy atom. The number of hydrogen-bond acceptors (Lipinski definition) is 7. The highest BCUT2D eigenvalue weighted by Gasteiger charge is 2.30. The molecule has 0 bridgehead atoms. The summed E-state index contributed by atoms with van der Waals surface area (Å²) in [4.78, 5) is 22.1. The van der Waals surface area contributed by atoms with Gasteiger partial charge in [0.25, 0.3) is 15.9 Å². The van der Waals surface area contributed by atoms with Gasteiger partial charge in [0, 0.05) is 38.3 Å². The number of thiazole rings is 1. The molecule has 39 heavy (non-hydrogen) atoms. The van der Waals surface area contributed by atoms with E-state index >= 15 is 0 Å². The lowest BCUT2D eigenvalue weighted by Crippen LogP contribution is -2.48. The Hall–Kier alpha value is -3.34. The molecule has 3 aromatic carbocycles. The number of benzene rings is 3. The summed E-state index contributed by atoms with van der Waals surface area (Å²) in [5.41, 5.74) is 2.98. The van der Waals surface area contributed by atoms with Crippen LogP contribution in [0.5, 0.6) is 5.75 Å². The van der Waals surface area contributed by atoms with Gasteiger partial charge in [-0.25, -0.2) is 13.4 Å². The van der Waals surface area contributed by atoms with Crippen LogP contribution in [0.25, 0.3) is 10.2 Å². The number of methoxy groups -OCH3 is 1. The minimum Gasteiger partial charge on any atom is -0.493 e. The van der Waals surface area contributed by atoms with Crippen LogP contribution >= 0.6 is 22.9 Å². The lowest BCUT2D eigenvalue weighted by atomic mass is 10.0. The first kappa shape index (κ1) is 25.9. The molecule has 3 heterocycles. The number of sulfonamides is 1. The summed E-state index contributed by atoms with van der Waals surface area (Å²) in [5.74, 6) is 0.458. The molecule has 0 radical (unpaired) electrons. The van der Waals surface area contributed by atoms with Gasteiger partial charge in [-0.3, -0.25) is 9.10 Å². The molecule has 8 nitrogen and oxygen atoms in total. The fourth-order valence-electron chi connectivity index (χ4n) is 5.19. The molecule has 6 rings (SSSR count). The Labute approximate surface area is 236 Å². The molecule has 11 heteroatoms. The van der Waals surface area contributed by atoms with Gasteiger partial charge in [0.2, 0.25) is 0 Å². The van der Waals surface area contributed by atoms with E-state index in [1.54, 1.807) is 35.5 Å². The summed E-state index contributed by atoms with van der Waals surface area (Å²) in [6.07, 6.45) is 1.64. The van der Waals surface area contributed by atoms with Crippen molar-refractivity contribution in [2.75, 3.05) is 49.0 Å². The maximum atomic E-state index is 13.4. The normalized spacial score (nSPS) is 15.9. The maximum absolute atomic E-state index is 13.4. The summed E-state index contributed by atoms with van der Waals surface area (Å²) in [7, 11) is -2.14. The number of nitrogens with zero attached hydrogens (tertiary/aromatic N) is 4. The fourth-order valence-corrected chi connectivity index (χ4v) is 7.98. The number of amides is 1. The van der Waals surface area contributed by atoms with Crippen molar-refractivity contribution in [3.8, 4) is 5.75 Å². The Kier molecular flexibility index (Phi) is 6.86. The molecule has 2 aliphatic rings. The second kappa shape index (κ2) is 10.3. The Bertz CT molecular complexity index is 1650. The minimum atomic E-state index is -3.72. The molecule has 0 unspecified atom stereocenters. The summed E-state index contributed by atoms with van der Waals surface area (Å²) in [6.45, 7) is 2.80. The molecule has 1 saturated heterocycles. The van der Waals surface area contributed by atoms with Crippen LogP contribution in [0, 0.1) is 0 Å². The standard InChI is InChI=1S/C28H27ClN4O4S2/c1-37-26-22(29)12-13-24-25(26)30-28(38-24)32-17-15-31(16-18-32)27(34)20-8-10-21(11-9-20)39(35,36)33-14-4-6-19-5-2-3-7-23(19)33/h2-3,5,7-13H,4,6,14-18H2,1H3. The first-order valence-corrected chi connectivity index (χ1v) is 15.4. The molecule has 202 valence electrons. The first-order valence-electron chi connectivity index (χ1n) is 12.7. The number of piperazine rings is 1. The first-order chi connectivity index (χ1) is 18.9. The van der Waals surface area contributed by atoms with Gasteiger partial charge in [-0.2, -0.15) is 0 Å². The van der Waals surface area contributed by atoms with Crippen molar-refractivity contribution in [1.29, 1.82) is 0 Å². The number of ether oxygens (including phenoxy) is 1. The van der Waals surface area contributed by atoms with E-state index in [2.05, 4.69) is 4.90 Å². The van der Waals surface area contributed by atoms with Crippen molar-refractivity contribution < 1.29 is 17.9 Å². The number of carbonyl (C=O) groups excluding carboxylic acids is 1. The van der Waals surface area contributed by atoms with Crippen molar-refractivity contribution >= 4 is 59.9 Å². The van der Waals surface area contributed by atoms with Crippen LogP contribution < -0.4 is 13.9 Å². The Morgan fingerprint density at radius 3 is 2.46 bits per heavy atom. The zero-order valence-corrected chi connectivity index (χ0v) is 23.7. The highest BCUT2D eigenvalue weighted by Crippen LogP contribution is 2.38. The lowest BCUT2D eigenvalue weighted by molar-refractivity contribution is 0.0746. The van der Waals surface area contributed by atoms with Gasteiger partial charge in [0.15, 0.2) is 10.9 Å². The fraction of sp³-hybridized carbons (Fsp3) is 0.286. The van der Waals surface area contributed by atoms with Gasteiger partial charge in [-0.1, -0.05) is 41.1 Å². The van der Waals surface area contributed by atoms with E-state index in [9.17, 15) is 13.2 Å². The topological polar surface area (TPSA) is 83.0 Å². The molecule has 0 spiro atoms. The number of para-hydroxylation sites is 1.